The van der Waals surface area contributed by atoms with Crippen LogP contribution in [-0.4, -0.2) is 38.5 Å². The van der Waals surface area contributed by atoms with Crippen LogP contribution in [0.4, 0.5) is 5.00 Å². The molecule has 3 aromatic rings. The van der Waals surface area contributed by atoms with E-state index >= 15 is 0 Å². The fourth-order valence-corrected chi connectivity index (χ4v) is 6.65. The molecule has 4 rings (SSSR count). The highest BCUT2D eigenvalue weighted by molar-refractivity contribution is 7.99. The first-order valence-corrected chi connectivity index (χ1v) is 15.0. The summed E-state index contributed by atoms with van der Waals surface area (Å²) in [6.45, 7) is 10.1. The summed E-state index contributed by atoms with van der Waals surface area (Å²) in [5, 5.41) is 13.3. The number of aryl methyl sites for hydroxylation is 2. The van der Waals surface area contributed by atoms with Gasteiger partial charge in [-0.05, 0) is 83.6 Å². The number of carbonyl (C=O) groups excluding carboxylic acids is 2. The largest absolute Gasteiger partial charge is 0.481 e. The van der Waals surface area contributed by atoms with Crippen molar-refractivity contribution in [2.75, 3.05) is 11.1 Å². The van der Waals surface area contributed by atoms with E-state index < -0.39 is 6.10 Å². The van der Waals surface area contributed by atoms with E-state index in [1.807, 2.05) is 51.3 Å². The highest BCUT2D eigenvalue weighted by atomic mass is 35.5. The molecule has 11 heteroatoms. The molecule has 204 valence electrons. The summed E-state index contributed by atoms with van der Waals surface area (Å²) >= 11 is 9.08. The molecule has 0 saturated carbocycles. The molecule has 0 radical (unpaired) electrons. The van der Waals surface area contributed by atoms with Crippen molar-refractivity contribution in [3.63, 3.8) is 0 Å². The van der Waals surface area contributed by atoms with Gasteiger partial charge >= 0.3 is 5.97 Å². The van der Waals surface area contributed by atoms with Crippen LogP contribution in [0, 0.1) is 6.92 Å². The quantitative estimate of drug-likeness (QED) is 0.213. The van der Waals surface area contributed by atoms with E-state index in [4.69, 9.17) is 21.1 Å². The summed E-state index contributed by atoms with van der Waals surface area (Å²) in [6, 6.07) is 5.62. The highest BCUT2D eigenvalue weighted by Crippen LogP contribution is 2.39. The number of amides is 1. The molecule has 8 nitrogen and oxygen atoms in total. The van der Waals surface area contributed by atoms with Crippen LogP contribution in [0.15, 0.2) is 23.4 Å². The monoisotopic (exact) mass is 576 g/mol. The highest BCUT2D eigenvalue weighted by Gasteiger charge is 2.28. The molecular formula is C27H33ClN4O4S2. The van der Waals surface area contributed by atoms with Crippen LogP contribution in [-0.2, 0) is 28.9 Å². The number of hydrogen-bond donors (Lipinski definition) is 1. The van der Waals surface area contributed by atoms with Crippen molar-refractivity contribution in [1.82, 2.24) is 14.8 Å². The number of aromatic nitrogens is 3. The van der Waals surface area contributed by atoms with Crippen molar-refractivity contribution < 1.29 is 19.1 Å². The van der Waals surface area contributed by atoms with Crippen LogP contribution < -0.4 is 10.1 Å². The standard InChI is InChI=1S/C27H33ClN4O4S2/c1-6-32-24(17(5)36-20-13-16(4)11-12-19(20)28)30-31-27(32)37-14-22(33)29-25-23(26(34)35-15(2)3)18-9-7-8-10-21(18)38-25/h11-13,15,17H,6-10,14H2,1-5H3,(H,29,33). The second-order valence-electron chi connectivity index (χ2n) is 9.48. The van der Waals surface area contributed by atoms with E-state index in [1.165, 1.54) is 23.1 Å². The van der Waals surface area contributed by atoms with Gasteiger partial charge in [-0.15, -0.1) is 21.5 Å². The molecule has 1 atom stereocenters. The SMILES string of the molecule is CCn1c(SCC(=O)Nc2sc3c(c2C(=O)OC(C)C)CCCC3)nnc1C(C)Oc1cc(C)ccc1Cl. The van der Waals surface area contributed by atoms with Gasteiger partial charge in [0.25, 0.3) is 0 Å². The number of nitrogens with one attached hydrogen (secondary N) is 1. The molecular weight excluding hydrogens is 544 g/mol. The normalized spacial score (nSPS) is 13.8. The Morgan fingerprint density at radius 1 is 1.21 bits per heavy atom. The lowest BCUT2D eigenvalue weighted by atomic mass is 9.95. The van der Waals surface area contributed by atoms with E-state index in [-0.39, 0.29) is 23.7 Å². The molecule has 1 aliphatic rings. The first-order valence-electron chi connectivity index (χ1n) is 12.8. The number of fused-ring (bicyclic) bond motifs is 1. The smallest absolute Gasteiger partial charge is 0.341 e. The van der Waals surface area contributed by atoms with Gasteiger partial charge in [-0.25, -0.2) is 4.79 Å². The van der Waals surface area contributed by atoms with E-state index in [0.717, 1.165) is 41.7 Å². The second-order valence-corrected chi connectivity index (χ2v) is 11.9. The van der Waals surface area contributed by atoms with Crippen molar-refractivity contribution in [3.05, 3.63) is 50.6 Å². The lowest BCUT2D eigenvalue weighted by Gasteiger charge is -2.17. The third-order valence-corrected chi connectivity index (χ3v) is 8.61. The Kier molecular flexibility index (Phi) is 9.38. The number of anilines is 1. The first kappa shape index (κ1) is 28.4. The zero-order valence-corrected chi connectivity index (χ0v) is 24.7. The Balaban J connectivity index is 1.45. The average Bonchev–Trinajstić information content (AvgIpc) is 3.45. The van der Waals surface area contributed by atoms with E-state index in [1.54, 1.807) is 6.07 Å². The van der Waals surface area contributed by atoms with Crippen molar-refractivity contribution in [2.45, 2.75) is 84.2 Å². The predicted molar refractivity (Wildman–Crippen MR) is 152 cm³/mol. The summed E-state index contributed by atoms with van der Waals surface area (Å²) in [5.74, 6) is 0.773. The number of halogens is 1. The summed E-state index contributed by atoms with van der Waals surface area (Å²) in [4.78, 5) is 27.0. The van der Waals surface area contributed by atoms with E-state index in [0.29, 0.717) is 38.9 Å². The van der Waals surface area contributed by atoms with Crippen LogP contribution in [0.3, 0.4) is 0 Å². The third-order valence-electron chi connectivity index (χ3n) is 6.12. The number of ether oxygens (including phenoxy) is 2. The Hall–Kier alpha value is -2.56. The second kappa shape index (κ2) is 12.5. The molecule has 2 heterocycles. The predicted octanol–water partition coefficient (Wildman–Crippen LogP) is 6.64. The molecule has 0 spiro atoms. The van der Waals surface area contributed by atoms with Crippen LogP contribution in [0.25, 0.3) is 0 Å². The number of thioether (sulfide) groups is 1. The number of benzene rings is 1. The van der Waals surface area contributed by atoms with Gasteiger partial charge in [0.05, 0.1) is 22.4 Å². The van der Waals surface area contributed by atoms with Gasteiger partial charge in [0.1, 0.15) is 10.8 Å². The van der Waals surface area contributed by atoms with Crippen LogP contribution in [0.1, 0.15) is 78.8 Å². The van der Waals surface area contributed by atoms with Gasteiger partial charge in [0, 0.05) is 11.4 Å². The van der Waals surface area contributed by atoms with Gasteiger partial charge in [-0.1, -0.05) is 29.4 Å². The maximum atomic E-state index is 13.0. The van der Waals surface area contributed by atoms with Crippen LogP contribution >= 0.6 is 34.7 Å². The zero-order chi connectivity index (χ0) is 27.4. The zero-order valence-electron chi connectivity index (χ0n) is 22.3. The Bertz CT molecular complexity index is 1320. The topological polar surface area (TPSA) is 95.3 Å². The molecule has 2 aromatic heterocycles. The van der Waals surface area contributed by atoms with Crippen molar-refractivity contribution in [2.24, 2.45) is 0 Å². The number of carbonyl (C=O) groups is 2. The maximum Gasteiger partial charge on any atom is 0.341 e. The molecule has 1 unspecified atom stereocenters. The minimum Gasteiger partial charge on any atom is -0.481 e. The minimum atomic E-state index is -0.392. The molecule has 1 aliphatic carbocycles. The number of nitrogens with zero attached hydrogens (tertiary/aromatic N) is 3. The molecule has 0 saturated heterocycles. The van der Waals surface area contributed by atoms with E-state index in [2.05, 4.69) is 15.5 Å². The molecule has 0 bridgehead atoms. The van der Waals surface area contributed by atoms with Gasteiger partial charge < -0.3 is 19.4 Å². The number of esters is 1. The lowest BCUT2D eigenvalue weighted by molar-refractivity contribution is -0.113. The Morgan fingerprint density at radius 2 is 1.97 bits per heavy atom. The molecule has 38 heavy (non-hydrogen) atoms. The summed E-state index contributed by atoms with van der Waals surface area (Å²) in [7, 11) is 0. The number of hydrogen-bond acceptors (Lipinski definition) is 8. The van der Waals surface area contributed by atoms with Gasteiger partial charge in [-0.3, -0.25) is 4.79 Å². The van der Waals surface area contributed by atoms with Crippen LogP contribution in [0.5, 0.6) is 5.75 Å². The molecule has 1 N–H and O–H groups in total. The van der Waals surface area contributed by atoms with Gasteiger partial charge in [0.2, 0.25) is 5.91 Å². The minimum absolute atomic E-state index is 0.123. The summed E-state index contributed by atoms with van der Waals surface area (Å²) in [6.07, 6.45) is 3.24. The van der Waals surface area contributed by atoms with Crippen molar-refractivity contribution in [3.8, 4) is 5.75 Å². The lowest BCUT2D eigenvalue weighted by Crippen LogP contribution is -2.19. The van der Waals surface area contributed by atoms with Crippen LogP contribution in [0.2, 0.25) is 5.02 Å². The molecule has 1 aromatic carbocycles. The Labute approximate surface area is 236 Å². The summed E-state index contributed by atoms with van der Waals surface area (Å²) < 4.78 is 13.5. The molecule has 0 fully saturated rings. The number of rotatable bonds is 10. The fourth-order valence-electron chi connectivity index (χ4n) is 4.38. The number of thiophene rings is 1. The first-order chi connectivity index (χ1) is 18.2. The summed E-state index contributed by atoms with van der Waals surface area (Å²) in [5.41, 5.74) is 2.58. The van der Waals surface area contributed by atoms with E-state index in [9.17, 15) is 9.59 Å². The van der Waals surface area contributed by atoms with Crippen molar-refractivity contribution >= 4 is 51.6 Å². The molecule has 1 amide bonds. The fraction of sp³-hybridized carbons (Fsp3) is 0.481. The van der Waals surface area contributed by atoms with Gasteiger partial charge in [-0.2, -0.15) is 0 Å². The third kappa shape index (κ3) is 6.52. The average molecular weight is 577 g/mol. The maximum absolute atomic E-state index is 13.0. The Morgan fingerprint density at radius 3 is 2.71 bits per heavy atom. The van der Waals surface area contributed by atoms with Gasteiger partial charge in [0.15, 0.2) is 17.1 Å². The molecule has 0 aliphatic heterocycles. The van der Waals surface area contributed by atoms with Crippen molar-refractivity contribution in [1.29, 1.82) is 0 Å².